The molecule has 3 rings (SSSR count). The Morgan fingerprint density at radius 2 is 2.00 bits per heavy atom. The molecule has 1 atom stereocenters. The van der Waals surface area contributed by atoms with Gasteiger partial charge in [0, 0.05) is 43.5 Å². The number of ether oxygens (including phenoxy) is 2. The molecule has 1 amide bonds. The lowest BCUT2D eigenvalue weighted by Gasteiger charge is -2.21. The summed E-state index contributed by atoms with van der Waals surface area (Å²) >= 11 is 0. The second kappa shape index (κ2) is 10.3. The Kier molecular flexibility index (Phi) is 7.88. The number of hydrogen-bond acceptors (Lipinski definition) is 3. The molecular weight excluding hydrogens is 447 g/mol. The summed E-state index contributed by atoms with van der Waals surface area (Å²) in [6.45, 7) is 7.61. The first kappa shape index (κ1) is 26.0. The first-order valence-corrected chi connectivity index (χ1v) is 11.3. The van der Waals surface area contributed by atoms with Gasteiger partial charge in [0.2, 0.25) is 0 Å². The van der Waals surface area contributed by atoms with Crippen molar-refractivity contribution in [3.05, 3.63) is 58.2 Å². The highest BCUT2D eigenvalue weighted by Crippen LogP contribution is 2.31. The SMILES string of the molecule is COC/C=C/c1ccc(C(F)(F)F)cc1C(=O)/N=c1\cc(C(C)(C)C)n(C)n1C[C@H]1CCCO1. The Balaban J connectivity index is 2.12. The smallest absolute Gasteiger partial charge is 0.381 e. The zero-order chi connectivity index (χ0) is 25.1. The molecule has 2 heterocycles. The van der Waals surface area contributed by atoms with Crippen molar-refractivity contribution >= 4 is 12.0 Å². The topological polar surface area (TPSA) is 57.8 Å². The lowest BCUT2D eigenvalue weighted by molar-refractivity contribution is -0.137. The molecule has 2 aromatic rings. The molecule has 0 N–H and O–H groups in total. The second-order valence-corrected chi connectivity index (χ2v) is 9.45. The molecule has 0 saturated carbocycles. The summed E-state index contributed by atoms with van der Waals surface area (Å²) < 4.78 is 54.7. The highest BCUT2D eigenvalue weighted by atomic mass is 19.4. The number of carbonyl (C=O) groups excluding carboxylic acids is 1. The first-order valence-electron chi connectivity index (χ1n) is 11.3. The van der Waals surface area contributed by atoms with Crippen LogP contribution in [0.1, 0.15) is 60.8 Å². The molecule has 0 spiro atoms. The van der Waals surface area contributed by atoms with Crippen LogP contribution in [0.25, 0.3) is 6.08 Å². The maximum absolute atomic E-state index is 13.4. The average Bonchev–Trinajstić information content (AvgIpc) is 3.37. The highest BCUT2D eigenvalue weighted by molar-refractivity contribution is 5.98. The number of nitrogens with zero attached hydrogens (tertiary/aromatic N) is 3. The van der Waals surface area contributed by atoms with Crippen LogP contribution in [0, 0.1) is 0 Å². The molecular formula is C25H32F3N3O3. The van der Waals surface area contributed by atoms with Gasteiger partial charge in [-0.25, -0.2) is 0 Å². The summed E-state index contributed by atoms with van der Waals surface area (Å²) in [4.78, 5) is 17.5. The van der Waals surface area contributed by atoms with E-state index in [9.17, 15) is 18.0 Å². The molecule has 0 aliphatic carbocycles. The van der Waals surface area contributed by atoms with Crippen molar-refractivity contribution in [1.29, 1.82) is 0 Å². The molecule has 1 fully saturated rings. The molecule has 1 aromatic carbocycles. The quantitative estimate of drug-likeness (QED) is 0.602. The molecule has 0 radical (unpaired) electrons. The van der Waals surface area contributed by atoms with Gasteiger partial charge in [-0.15, -0.1) is 0 Å². The fraction of sp³-hybridized carbons (Fsp3) is 0.520. The van der Waals surface area contributed by atoms with Gasteiger partial charge in [-0.2, -0.15) is 18.2 Å². The van der Waals surface area contributed by atoms with Crippen molar-refractivity contribution in [2.45, 2.75) is 57.9 Å². The maximum atomic E-state index is 13.4. The van der Waals surface area contributed by atoms with E-state index >= 15 is 0 Å². The first-order chi connectivity index (χ1) is 15.9. The predicted molar refractivity (Wildman–Crippen MR) is 123 cm³/mol. The summed E-state index contributed by atoms with van der Waals surface area (Å²) in [7, 11) is 3.40. The number of amides is 1. The number of aromatic nitrogens is 2. The second-order valence-electron chi connectivity index (χ2n) is 9.45. The number of hydrogen-bond donors (Lipinski definition) is 0. The van der Waals surface area contributed by atoms with Gasteiger partial charge >= 0.3 is 6.18 Å². The molecule has 1 aromatic heterocycles. The molecule has 34 heavy (non-hydrogen) atoms. The van der Waals surface area contributed by atoms with E-state index in [0.717, 1.165) is 30.7 Å². The maximum Gasteiger partial charge on any atom is 0.416 e. The van der Waals surface area contributed by atoms with Gasteiger partial charge in [-0.3, -0.25) is 14.2 Å². The van der Waals surface area contributed by atoms with Crippen molar-refractivity contribution in [2.75, 3.05) is 20.3 Å². The minimum Gasteiger partial charge on any atom is -0.381 e. The van der Waals surface area contributed by atoms with E-state index in [1.54, 1.807) is 12.2 Å². The molecule has 0 bridgehead atoms. The van der Waals surface area contributed by atoms with Crippen LogP contribution in [0.5, 0.6) is 0 Å². The summed E-state index contributed by atoms with van der Waals surface area (Å²) in [5.41, 5.74) is 0.432. The Hall–Kier alpha value is -2.65. The van der Waals surface area contributed by atoms with Crippen LogP contribution in [0.15, 0.2) is 35.3 Å². The van der Waals surface area contributed by atoms with Gasteiger partial charge in [0.25, 0.3) is 5.91 Å². The fourth-order valence-corrected chi connectivity index (χ4v) is 4.06. The van der Waals surface area contributed by atoms with Gasteiger partial charge in [0.05, 0.1) is 24.8 Å². The third-order valence-corrected chi connectivity index (χ3v) is 5.80. The molecule has 1 aliphatic heterocycles. The summed E-state index contributed by atoms with van der Waals surface area (Å²) in [5, 5.41) is 0. The van der Waals surface area contributed by atoms with Gasteiger partial charge in [-0.1, -0.05) is 39.0 Å². The largest absolute Gasteiger partial charge is 0.416 e. The number of alkyl halides is 3. The molecule has 0 unspecified atom stereocenters. The van der Waals surface area contributed by atoms with E-state index < -0.39 is 17.6 Å². The third kappa shape index (κ3) is 6.07. The molecule has 186 valence electrons. The Bertz CT molecular complexity index is 1120. The van der Waals surface area contributed by atoms with Crippen LogP contribution in [-0.2, 0) is 34.7 Å². The zero-order valence-corrected chi connectivity index (χ0v) is 20.3. The van der Waals surface area contributed by atoms with Crippen LogP contribution in [-0.4, -0.2) is 41.7 Å². The number of rotatable bonds is 6. The number of methoxy groups -OCH3 is 1. The fourth-order valence-electron chi connectivity index (χ4n) is 4.06. The van der Waals surface area contributed by atoms with Crippen LogP contribution in [0.4, 0.5) is 13.2 Å². The van der Waals surface area contributed by atoms with Crippen molar-refractivity contribution in [2.24, 2.45) is 12.0 Å². The Morgan fingerprint density at radius 1 is 1.26 bits per heavy atom. The number of carbonyl (C=O) groups is 1. The van der Waals surface area contributed by atoms with Crippen molar-refractivity contribution < 1.29 is 27.4 Å². The van der Waals surface area contributed by atoms with Crippen molar-refractivity contribution in [3.8, 4) is 0 Å². The highest BCUT2D eigenvalue weighted by Gasteiger charge is 2.32. The molecule has 6 nitrogen and oxygen atoms in total. The van der Waals surface area contributed by atoms with Crippen LogP contribution in [0.2, 0.25) is 0 Å². The standard InChI is InChI=1S/C25H32F3N3O3/c1-24(2,3)21-15-22(31(30(21)4)16-19-9-7-13-34-19)29-23(32)20-14-18(25(26,27)28)11-10-17(20)8-6-12-33-5/h6,8,10-11,14-15,19H,7,9,12-13,16H2,1-5H3/b8-6+,29-22+/t19-/m1/s1. The van der Waals surface area contributed by atoms with Crippen LogP contribution < -0.4 is 5.49 Å². The van der Waals surface area contributed by atoms with E-state index in [1.807, 2.05) is 22.5 Å². The number of halogens is 3. The third-order valence-electron chi connectivity index (χ3n) is 5.80. The predicted octanol–water partition coefficient (Wildman–Crippen LogP) is 4.72. The lowest BCUT2D eigenvalue weighted by atomic mass is 9.92. The lowest BCUT2D eigenvalue weighted by Crippen LogP contribution is -2.30. The number of benzene rings is 1. The Morgan fingerprint density at radius 3 is 2.59 bits per heavy atom. The average molecular weight is 480 g/mol. The van der Waals surface area contributed by atoms with Gasteiger partial charge < -0.3 is 9.47 Å². The summed E-state index contributed by atoms with van der Waals surface area (Å²) in [5.74, 6) is -0.740. The minimum absolute atomic E-state index is 0.00318. The van der Waals surface area contributed by atoms with Crippen LogP contribution in [0.3, 0.4) is 0 Å². The minimum atomic E-state index is -4.57. The van der Waals surface area contributed by atoms with E-state index in [-0.39, 0.29) is 23.7 Å². The van der Waals surface area contributed by atoms with Crippen molar-refractivity contribution in [1.82, 2.24) is 9.36 Å². The van der Waals surface area contributed by atoms with Crippen LogP contribution >= 0.6 is 0 Å². The summed E-state index contributed by atoms with van der Waals surface area (Å²) in [6, 6.07) is 4.92. The van der Waals surface area contributed by atoms with E-state index in [4.69, 9.17) is 9.47 Å². The monoisotopic (exact) mass is 479 g/mol. The normalized spacial score (nSPS) is 17.8. The molecule has 1 saturated heterocycles. The van der Waals surface area contributed by atoms with E-state index in [0.29, 0.717) is 24.2 Å². The summed E-state index contributed by atoms with van der Waals surface area (Å²) in [6.07, 6.45) is 0.495. The molecule has 1 aliphatic rings. The molecule has 9 heteroatoms. The van der Waals surface area contributed by atoms with Gasteiger partial charge in [0.15, 0.2) is 5.49 Å². The van der Waals surface area contributed by atoms with E-state index in [1.165, 1.54) is 13.2 Å². The van der Waals surface area contributed by atoms with Crippen molar-refractivity contribution in [3.63, 3.8) is 0 Å². The zero-order valence-electron chi connectivity index (χ0n) is 20.3. The van der Waals surface area contributed by atoms with Gasteiger partial charge in [-0.05, 0) is 30.5 Å². The van der Waals surface area contributed by atoms with Gasteiger partial charge in [0.1, 0.15) is 0 Å². The Labute approximate surface area is 197 Å². The van der Waals surface area contributed by atoms with E-state index in [2.05, 4.69) is 25.8 Å².